The fraction of sp³-hybridized carbons (Fsp3) is 0.324. The number of aromatic nitrogens is 3. The molecule has 4 heterocycles. The van der Waals surface area contributed by atoms with Crippen LogP contribution in [0.25, 0.3) is 22.4 Å². The van der Waals surface area contributed by atoms with Crippen LogP contribution in [0.5, 0.6) is 5.88 Å². The number of carbonyl (C=O) groups is 3. The Morgan fingerprint density at radius 2 is 1.69 bits per heavy atom. The number of anilines is 1. The van der Waals surface area contributed by atoms with E-state index in [0.717, 1.165) is 28.1 Å². The summed E-state index contributed by atoms with van der Waals surface area (Å²) in [5.41, 5.74) is 6.27. The lowest BCUT2D eigenvalue weighted by Gasteiger charge is -2.29. The summed E-state index contributed by atoms with van der Waals surface area (Å²) < 4.78 is 12.7. The molecule has 0 aliphatic carbocycles. The van der Waals surface area contributed by atoms with Crippen LogP contribution in [0.2, 0.25) is 5.02 Å². The summed E-state index contributed by atoms with van der Waals surface area (Å²) in [5, 5.41) is 0.510. The van der Waals surface area contributed by atoms with Crippen molar-refractivity contribution in [3.63, 3.8) is 0 Å². The van der Waals surface area contributed by atoms with E-state index < -0.39 is 5.60 Å². The van der Waals surface area contributed by atoms with E-state index in [9.17, 15) is 14.4 Å². The van der Waals surface area contributed by atoms with Crippen LogP contribution in [0.3, 0.4) is 0 Å². The van der Waals surface area contributed by atoms with Gasteiger partial charge in [0.1, 0.15) is 5.60 Å². The minimum atomic E-state index is -0.594. The molecule has 0 bridgehead atoms. The van der Waals surface area contributed by atoms with Crippen molar-refractivity contribution in [2.24, 2.45) is 7.05 Å². The van der Waals surface area contributed by atoms with Crippen molar-refractivity contribution >= 4 is 35.6 Å². The highest BCUT2D eigenvalue weighted by atomic mass is 35.5. The standard InChI is InChI=1S/C34H34ClN5O5/c1-34(2,3)45-33(43)39-16-15-28-26(18-39)36-30(38(28)4)32(42)40-17-14-22-21(8-7-11-27(22)40)23-9-6-10-24(29(23)35)25-13-12-20(19-41)31(37-25)44-5/h6-13,19H,14-18H2,1-5H3. The van der Waals surface area contributed by atoms with Crippen molar-refractivity contribution in [2.45, 2.75) is 45.8 Å². The van der Waals surface area contributed by atoms with Crippen molar-refractivity contribution < 1.29 is 23.9 Å². The average molecular weight is 628 g/mol. The summed E-state index contributed by atoms with van der Waals surface area (Å²) in [7, 11) is 3.32. The highest BCUT2D eigenvalue weighted by molar-refractivity contribution is 6.36. The number of amides is 2. The fourth-order valence-corrected chi connectivity index (χ4v) is 6.34. The Labute approximate surface area is 266 Å². The van der Waals surface area contributed by atoms with Crippen molar-refractivity contribution in [1.29, 1.82) is 0 Å². The molecule has 0 radical (unpaired) electrons. The van der Waals surface area contributed by atoms with E-state index >= 15 is 0 Å². The van der Waals surface area contributed by atoms with Crippen LogP contribution in [0.1, 0.15) is 58.7 Å². The van der Waals surface area contributed by atoms with Gasteiger partial charge in [0, 0.05) is 49.1 Å². The molecule has 0 N–H and O–H groups in total. The Morgan fingerprint density at radius 1 is 0.956 bits per heavy atom. The van der Waals surface area contributed by atoms with Gasteiger partial charge in [-0.25, -0.2) is 14.8 Å². The molecule has 2 amide bonds. The van der Waals surface area contributed by atoms with Gasteiger partial charge in [-0.3, -0.25) is 9.59 Å². The summed E-state index contributed by atoms with van der Waals surface area (Å²) in [4.78, 5) is 50.7. The maximum atomic E-state index is 14.0. The third kappa shape index (κ3) is 5.55. The molecule has 10 nitrogen and oxygen atoms in total. The number of benzene rings is 2. The van der Waals surface area contributed by atoms with E-state index in [1.54, 1.807) is 21.9 Å². The number of carbonyl (C=O) groups excluding carboxylic acids is 3. The summed E-state index contributed by atoms with van der Waals surface area (Å²) in [6.45, 7) is 6.80. The van der Waals surface area contributed by atoms with Gasteiger partial charge in [0.05, 0.1) is 35.6 Å². The second-order valence-electron chi connectivity index (χ2n) is 12.1. The number of halogens is 1. The minimum Gasteiger partial charge on any atom is -0.480 e. The molecule has 2 aliphatic heterocycles. The van der Waals surface area contributed by atoms with E-state index in [0.29, 0.717) is 72.1 Å². The van der Waals surface area contributed by atoms with Gasteiger partial charge in [-0.1, -0.05) is 41.9 Å². The summed E-state index contributed by atoms with van der Waals surface area (Å²) >= 11 is 7.01. The van der Waals surface area contributed by atoms with Gasteiger partial charge in [0.25, 0.3) is 5.91 Å². The Bertz CT molecular complexity index is 1840. The first-order valence-corrected chi connectivity index (χ1v) is 15.1. The Kier molecular flexibility index (Phi) is 7.86. The fourth-order valence-electron chi connectivity index (χ4n) is 6.01. The van der Waals surface area contributed by atoms with Crippen LogP contribution < -0.4 is 9.64 Å². The maximum absolute atomic E-state index is 14.0. The lowest BCUT2D eigenvalue weighted by Crippen LogP contribution is -2.40. The predicted molar refractivity (Wildman–Crippen MR) is 171 cm³/mol. The van der Waals surface area contributed by atoms with Gasteiger partial charge < -0.3 is 23.8 Å². The van der Waals surface area contributed by atoms with Crippen LogP contribution in [-0.2, 0) is 31.2 Å². The molecular weight excluding hydrogens is 594 g/mol. The van der Waals surface area contributed by atoms with Crippen molar-refractivity contribution in [3.8, 4) is 28.3 Å². The first-order valence-electron chi connectivity index (χ1n) is 14.8. The molecule has 2 aromatic heterocycles. The van der Waals surface area contributed by atoms with Crippen LogP contribution in [-0.4, -0.2) is 63.5 Å². The molecule has 2 aromatic carbocycles. The highest BCUT2D eigenvalue weighted by Crippen LogP contribution is 2.42. The lowest BCUT2D eigenvalue weighted by molar-refractivity contribution is 0.0220. The van der Waals surface area contributed by atoms with Crippen molar-refractivity contribution in [2.75, 3.05) is 25.1 Å². The van der Waals surface area contributed by atoms with Gasteiger partial charge in [0.15, 0.2) is 12.1 Å². The molecular formula is C34H34ClN5O5. The third-order valence-corrected chi connectivity index (χ3v) is 8.55. The molecule has 0 atom stereocenters. The first-order chi connectivity index (χ1) is 21.5. The number of fused-ring (bicyclic) bond motifs is 2. The van der Waals surface area contributed by atoms with Gasteiger partial charge in [-0.05, 0) is 56.5 Å². The second-order valence-corrected chi connectivity index (χ2v) is 12.5. The molecule has 0 unspecified atom stereocenters. The van der Waals surface area contributed by atoms with E-state index in [2.05, 4.69) is 4.98 Å². The number of nitrogens with zero attached hydrogens (tertiary/aromatic N) is 5. The molecule has 0 spiro atoms. The number of rotatable bonds is 5. The molecule has 232 valence electrons. The quantitative estimate of drug-likeness (QED) is 0.245. The average Bonchev–Trinajstić information content (AvgIpc) is 3.60. The van der Waals surface area contributed by atoms with Gasteiger partial charge in [-0.2, -0.15) is 0 Å². The Hall–Kier alpha value is -4.70. The van der Waals surface area contributed by atoms with Crippen molar-refractivity contribution in [3.05, 3.63) is 81.9 Å². The van der Waals surface area contributed by atoms with Crippen LogP contribution in [0.4, 0.5) is 10.5 Å². The number of methoxy groups -OCH3 is 1. The molecule has 0 fully saturated rings. The zero-order valence-corrected chi connectivity index (χ0v) is 26.6. The topological polar surface area (TPSA) is 107 Å². The summed E-state index contributed by atoms with van der Waals surface area (Å²) in [5.74, 6) is 0.369. The maximum Gasteiger partial charge on any atom is 0.410 e. The molecule has 6 rings (SSSR count). The molecule has 2 aliphatic rings. The number of ether oxygens (including phenoxy) is 2. The van der Waals surface area contributed by atoms with Crippen LogP contribution >= 0.6 is 11.6 Å². The minimum absolute atomic E-state index is 0.196. The number of hydrogen-bond donors (Lipinski definition) is 0. The zero-order valence-electron chi connectivity index (χ0n) is 25.9. The van der Waals surface area contributed by atoms with Crippen LogP contribution in [0.15, 0.2) is 48.5 Å². The molecule has 0 saturated carbocycles. The smallest absolute Gasteiger partial charge is 0.410 e. The van der Waals surface area contributed by atoms with Gasteiger partial charge in [0.2, 0.25) is 5.88 Å². The molecule has 0 saturated heterocycles. The SMILES string of the molecule is COc1nc(-c2cccc(-c3cccc4c3CCN4C(=O)c3nc4c(n3C)CCN(C(=O)OC(C)(C)C)C4)c2Cl)ccc1C=O. The van der Waals surface area contributed by atoms with E-state index in [1.165, 1.54) is 7.11 Å². The normalized spacial score (nSPS) is 14.2. The number of hydrogen-bond acceptors (Lipinski definition) is 7. The lowest BCUT2D eigenvalue weighted by atomic mass is 9.95. The second kappa shape index (κ2) is 11.7. The number of aldehydes is 1. The molecule has 11 heteroatoms. The Balaban J connectivity index is 1.29. The van der Waals surface area contributed by atoms with Crippen molar-refractivity contribution in [1.82, 2.24) is 19.4 Å². The highest BCUT2D eigenvalue weighted by Gasteiger charge is 2.34. The summed E-state index contributed by atoms with van der Waals surface area (Å²) in [6.07, 6.45) is 1.55. The van der Waals surface area contributed by atoms with Gasteiger partial charge >= 0.3 is 6.09 Å². The molecule has 45 heavy (non-hydrogen) atoms. The monoisotopic (exact) mass is 627 g/mol. The first kappa shape index (κ1) is 30.3. The van der Waals surface area contributed by atoms with E-state index in [-0.39, 0.29) is 17.9 Å². The third-order valence-electron chi connectivity index (χ3n) is 8.15. The predicted octanol–water partition coefficient (Wildman–Crippen LogP) is 6.12. The van der Waals surface area contributed by atoms with Gasteiger partial charge in [-0.15, -0.1) is 0 Å². The number of pyridine rings is 1. The van der Waals surface area contributed by atoms with E-state index in [4.69, 9.17) is 26.1 Å². The molecule has 4 aromatic rings. The number of imidazole rings is 1. The van der Waals surface area contributed by atoms with Crippen LogP contribution in [0, 0.1) is 0 Å². The zero-order chi connectivity index (χ0) is 32.0. The van der Waals surface area contributed by atoms with E-state index in [1.807, 2.05) is 68.8 Å². The largest absolute Gasteiger partial charge is 0.480 e. The summed E-state index contributed by atoms with van der Waals surface area (Å²) in [6, 6.07) is 15.0. The Morgan fingerprint density at radius 3 is 2.42 bits per heavy atom.